The zero-order valence-electron chi connectivity index (χ0n) is 16.1. The summed E-state index contributed by atoms with van der Waals surface area (Å²) < 4.78 is 39.6. The van der Waals surface area contributed by atoms with Gasteiger partial charge in [0.25, 0.3) is 11.6 Å². The number of amides is 1. The first-order chi connectivity index (χ1) is 13.6. The predicted molar refractivity (Wildman–Crippen MR) is 98.2 cm³/mol. The number of aromatic nitrogens is 4. The summed E-state index contributed by atoms with van der Waals surface area (Å²) in [6.07, 6.45) is -4.24. The van der Waals surface area contributed by atoms with Crippen LogP contribution in [0.1, 0.15) is 47.7 Å². The second-order valence-electron chi connectivity index (χ2n) is 6.79. The molecule has 1 amide bonds. The second kappa shape index (κ2) is 7.69. The van der Waals surface area contributed by atoms with Crippen LogP contribution < -0.4 is 5.32 Å². The molecule has 3 aromatic rings. The van der Waals surface area contributed by atoms with E-state index in [1.807, 2.05) is 0 Å². The van der Waals surface area contributed by atoms with E-state index in [1.165, 1.54) is 0 Å². The third-order valence-electron chi connectivity index (χ3n) is 4.65. The number of hydrogen-bond acceptors (Lipinski definition) is 5. The molecule has 0 radical (unpaired) electrons. The Balaban J connectivity index is 1.73. The van der Waals surface area contributed by atoms with Crippen LogP contribution in [-0.4, -0.2) is 30.6 Å². The van der Waals surface area contributed by atoms with Crippen molar-refractivity contribution in [3.63, 3.8) is 0 Å². The molecule has 0 bridgehead atoms. The normalized spacial score (nSPS) is 12.9. The molecule has 0 spiro atoms. The van der Waals surface area contributed by atoms with Crippen molar-refractivity contribution in [3.8, 4) is 5.75 Å². The lowest BCUT2D eigenvalue weighted by molar-refractivity contribution is -0.144. The van der Waals surface area contributed by atoms with Crippen molar-refractivity contribution in [2.45, 2.75) is 45.8 Å². The van der Waals surface area contributed by atoms with Crippen molar-refractivity contribution in [1.29, 1.82) is 0 Å². The maximum atomic E-state index is 12.9. The van der Waals surface area contributed by atoms with Gasteiger partial charge in [-0.25, -0.2) is 9.50 Å². The van der Waals surface area contributed by atoms with Crippen LogP contribution in [0.25, 0.3) is 5.78 Å². The third kappa shape index (κ3) is 4.47. The van der Waals surface area contributed by atoms with E-state index < -0.39 is 12.0 Å². The highest BCUT2D eigenvalue weighted by atomic mass is 19.4. The molecule has 7 nitrogen and oxygen atoms in total. The highest BCUT2D eigenvalue weighted by molar-refractivity contribution is 5.76. The van der Waals surface area contributed by atoms with E-state index in [4.69, 9.17) is 0 Å². The molecule has 154 valence electrons. The second-order valence-corrected chi connectivity index (χ2v) is 6.79. The quantitative estimate of drug-likeness (QED) is 0.677. The van der Waals surface area contributed by atoms with Crippen LogP contribution >= 0.6 is 0 Å². The van der Waals surface area contributed by atoms with E-state index >= 15 is 0 Å². The van der Waals surface area contributed by atoms with Gasteiger partial charge in [0.05, 0.1) is 6.04 Å². The molecule has 1 aromatic carbocycles. The average Bonchev–Trinajstić information content (AvgIpc) is 3.06. The Labute approximate surface area is 164 Å². The summed E-state index contributed by atoms with van der Waals surface area (Å²) in [4.78, 5) is 19.9. The number of nitrogens with one attached hydrogen (secondary N) is 1. The van der Waals surface area contributed by atoms with Crippen LogP contribution in [0, 0.1) is 13.8 Å². The van der Waals surface area contributed by atoms with Gasteiger partial charge in [-0.15, -0.1) is 5.10 Å². The van der Waals surface area contributed by atoms with Gasteiger partial charge in [-0.2, -0.15) is 18.2 Å². The molecule has 29 heavy (non-hydrogen) atoms. The van der Waals surface area contributed by atoms with Crippen LogP contribution in [-0.2, 0) is 17.4 Å². The van der Waals surface area contributed by atoms with E-state index in [-0.39, 0.29) is 29.9 Å². The highest BCUT2D eigenvalue weighted by Gasteiger charge is 2.37. The lowest BCUT2D eigenvalue weighted by Gasteiger charge is -2.15. The molecular formula is C19H20F3N5O2. The standard InChI is InChI=1S/C19H20F3N5O2/c1-10(13-5-4-6-14(28)9-13)23-16(29)8-7-15-11(2)24-18-25-17(19(20,21)22)26-27(18)12(15)3/h4-6,9-10,28H,7-8H2,1-3H3,(H,23,29). The van der Waals surface area contributed by atoms with Crippen molar-refractivity contribution in [2.75, 3.05) is 0 Å². The molecule has 1 atom stereocenters. The van der Waals surface area contributed by atoms with Gasteiger partial charge in [0.1, 0.15) is 5.75 Å². The molecule has 0 aliphatic rings. The zero-order valence-corrected chi connectivity index (χ0v) is 16.1. The van der Waals surface area contributed by atoms with Crippen molar-refractivity contribution >= 4 is 11.7 Å². The first-order valence-electron chi connectivity index (χ1n) is 8.94. The first kappa shape index (κ1) is 20.6. The fourth-order valence-electron chi connectivity index (χ4n) is 3.12. The minimum absolute atomic E-state index is 0.111. The lowest BCUT2D eigenvalue weighted by Crippen LogP contribution is -2.27. The lowest BCUT2D eigenvalue weighted by atomic mass is 10.1. The van der Waals surface area contributed by atoms with Crippen molar-refractivity contribution in [1.82, 2.24) is 24.9 Å². The average molecular weight is 407 g/mol. The van der Waals surface area contributed by atoms with Crippen molar-refractivity contribution in [2.24, 2.45) is 0 Å². The van der Waals surface area contributed by atoms with Crippen molar-refractivity contribution in [3.05, 3.63) is 52.6 Å². The largest absolute Gasteiger partial charge is 0.508 e. The van der Waals surface area contributed by atoms with E-state index in [0.717, 1.165) is 10.1 Å². The van der Waals surface area contributed by atoms with Gasteiger partial charge in [0, 0.05) is 17.8 Å². The van der Waals surface area contributed by atoms with Crippen LogP contribution in [0.2, 0.25) is 0 Å². The van der Waals surface area contributed by atoms with Crippen LogP contribution in [0.4, 0.5) is 13.2 Å². The van der Waals surface area contributed by atoms with E-state index in [0.29, 0.717) is 23.4 Å². The number of benzene rings is 1. The first-order valence-corrected chi connectivity index (χ1v) is 8.94. The summed E-state index contributed by atoms with van der Waals surface area (Å²) in [6.45, 7) is 5.08. The number of aryl methyl sites for hydroxylation is 2. The Bertz CT molecular complexity index is 1060. The summed E-state index contributed by atoms with van der Waals surface area (Å²) in [5, 5.41) is 15.9. The highest BCUT2D eigenvalue weighted by Crippen LogP contribution is 2.27. The number of carbonyl (C=O) groups excluding carboxylic acids is 1. The number of nitrogens with zero attached hydrogens (tertiary/aromatic N) is 4. The molecular weight excluding hydrogens is 387 g/mol. The number of phenols is 1. The van der Waals surface area contributed by atoms with Crippen molar-refractivity contribution < 1.29 is 23.1 Å². The number of aromatic hydroxyl groups is 1. The zero-order chi connectivity index (χ0) is 21.3. The molecule has 0 aliphatic heterocycles. The Morgan fingerprint density at radius 2 is 2.00 bits per heavy atom. The number of fused-ring (bicyclic) bond motifs is 1. The summed E-state index contributed by atoms with van der Waals surface area (Å²) in [5.74, 6) is -1.49. The maximum Gasteiger partial charge on any atom is 0.453 e. The molecule has 3 rings (SSSR count). The van der Waals surface area contributed by atoms with Gasteiger partial charge in [0.2, 0.25) is 5.91 Å². The number of hydrogen-bond donors (Lipinski definition) is 2. The third-order valence-corrected chi connectivity index (χ3v) is 4.65. The molecule has 10 heteroatoms. The van der Waals surface area contributed by atoms with E-state index in [1.54, 1.807) is 45.0 Å². The fourth-order valence-corrected chi connectivity index (χ4v) is 3.12. The Kier molecular flexibility index (Phi) is 5.45. The number of halogens is 3. The van der Waals surface area contributed by atoms with Gasteiger partial charge in [-0.3, -0.25) is 4.79 Å². The number of rotatable bonds is 5. The summed E-state index contributed by atoms with van der Waals surface area (Å²) >= 11 is 0. The van der Waals surface area contributed by atoms with Gasteiger partial charge >= 0.3 is 6.18 Å². The minimum Gasteiger partial charge on any atom is -0.508 e. The van der Waals surface area contributed by atoms with Crippen LogP contribution in [0.3, 0.4) is 0 Å². The Hall–Kier alpha value is -3.17. The molecule has 0 fully saturated rings. The predicted octanol–water partition coefficient (Wildman–Crippen LogP) is 3.28. The molecule has 2 aromatic heterocycles. The van der Waals surface area contributed by atoms with E-state index in [2.05, 4.69) is 20.4 Å². The topological polar surface area (TPSA) is 92.4 Å². The van der Waals surface area contributed by atoms with Gasteiger partial charge < -0.3 is 10.4 Å². The van der Waals surface area contributed by atoms with E-state index in [9.17, 15) is 23.1 Å². The van der Waals surface area contributed by atoms with Crippen LogP contribution in [0.15, 0.2) is 24.3 Å². The smallest absolute Gasteiger partial charge is 0.453 e. The molecule has 0 aliphatic carbocycles. The maximum absolute atomic E-state index is 12.9. The number of phenolic OH excluding ortho intramolecular Hbond substituents is 1. The molecule has 2 heterocycles. The molecule has 0 saturated heterocycles. The molecule has 1 unspecified atom stereocenters. The summed E-state index contributed by atoms with van der Waals surface area (Å²) in [7, 11) is 0. The number of alkyl halides is 3. The summed E-state index contributed by atoms with van der Waals surface area (Å²) in [6, 6.07) is 6.29. The SMILES string of the molecule is Cc1nc2nc(C(F)(F)F)nn2c(C)c1CCC(=O)NC(C)c1cccc(O)c1. The van der Waals surface area contributed by atoms with Crippen LogP contribution in [0.5, 0.6) is 5.75 Å². The number of carbonyl (C=O) groups is 1. The van der Waals surface area contributed by atoms with Gasteiger partial charge in [-0.05, 0) is 50.5 Å². The van der Waals surface area contributed by atoms with Gasteiger partial charge in [-0.1, -0.05) is 12.1 Å². The Morgan fingerprint density at radius 1 is 1.28 bits per heavy atom. The fraction of sp³-hybridized carbons (Fsp3) is 0.368. The summed E-state index contributed by atoms with van der Waals surface area (Å²) in [5.41, 5.74) is 2.38. The molecule has 0 saturated carbocycles. The Morgan fingerprint density at radius 3 is 2.66 bits per heavy atom. The van der Waals surface area contributed by atoms with Gasteiger partial charge in [0.15, 0.2) is 0 Å². The molecule has 2 N–H and O–H groups in total. The minimum atomic E-state index is -4.66. The monoisotopic (exact) mass is 407 g/mol.